The molecule has 1 aromatic rings. The van der Waals surface area contributed by atoms with Crippen molar-refractivity contribution in [2.45, 2.75) is 19.9 Å². The molecule has 74 valence electrons. The summed E-state index contributed by atoms with van der Waals surface area (Å²) >= 11 is 0. The zero-order chi connectivity index (χ0) is 9.68. The Morgan fingerprint density at radius 3 is 2.92 bits per heavy atom. The number of anilines is 1. The van der Waals surface area contributed by atoms with E-state index in [0.29, 0.717) is 5.82 Å². The SMILES string of the molecule is CCN(C)CCCn1ccc(N)n1. The molecule has 0 spiro atoms. The first-order valence-corrected chi connectivity index (χ1v) is 4.70. The third kappa shape index (κ3) is 3.46. The normalized spacial score (nSPS) is 11.0. The number of hydrogen-bond acceptors (Lipinski definition) is 3. The van der Waals surface area contributed by atoms with Crippen LogP contribution in [0.2, 0.25) is 0 Å². The van der Waals surface area contributed by atoms with Crippen molar-refractivity contribution in [2.75, 3.05) is 25.9 Å². The van der Waals surface area contributed by atoms with Crippen LogP contribution < -0.4 is 5.73 Å². The zero-order valence-corrected chi connectivity index (χ0v) is 8.40. The Morgan fingerprint density at radius 1 is 1.62 bits per heavy atom. The molecular formula is C9H18N4. The van der Waals surface area contributed by atoms with Gasteiger partial charge in [-0.25, -0.2) is 0 Å². The van der Waals surface area contributed by atoms with Gasteiger partial charge in [0.1, 0.15) is 5.82 Å². The van der Waals surface area contributed by atoms with Crippen LogP contribution in [-0.4, -0.2) is 34.8 Å². The molecule has 0 aliphatic heterocycles. The van der Waals surface area contributed by atoms with Gasteiger partial charge in [-0.3, -0.25) is 4.68 Å². The van der Waals surface area contributed by atoms with Gasteiger partial charge in [0.05, 0.1) is 0 Å². The van der Waals surface area contributed by atoms with Crippen LogP contribution in [0.1, 0.15) is 13.3 Å². The molecule has 1 heterocycles. The highest BCUT2D eigenvalue weighted by Gasteiger charge is 1.96. The summed E-state index contributed by atoms with van der Waals surface area (Å²) in [4.78, 5) is 2.28. The van der Waals surface area contributed by atoms with Crippen molar-refractivity contribution in [3.8, 4) is 0 Å². The van der Waals surface area contributed by atoms with Gasteiger partial charge >= 0.3 is 0 Å². The molecule has 0 aromatic carbocycles. The van der Waals surface area contributed by atoms with Gasteiger partial charge in [0.2, 0.25) is 0 Å². The molecule has 4 heteroatoms. The van der Waals surface area contributed by atoms with Gasteiger partial charge in [0.15, 0.2) is 0 Å². The predicted octanol–water partition coefficient (Wildman–Crippen LogP) is 0.807. The van der Waals surface area contributed by atoms with Gasteiger partial charge in [-0.1, -0.05) is 6.92 Å². The molecule has 0 fully saturated rings. The van der Waals surface area contributed by atoms with Crippen LogP contribution in [0.3, 0.4) is 0 Å². The lowest BCUT2D eigenvalue weighted by molar-refractivity contribution is 0.334. The molecule has 0 aliphatic carbocycles. The Kier molecular flexibility index (Phi) is 3.76. The smallest absolute Gasteiger partial charge is 0.145 e. The monoisotopic (exact) mass is 182 g/mol. The second-order valence-electron chi connectivity index (χ2n) is 3.25. The van der Waals surface area contributed by atoms with Crippen LogP contribution in [0.5, 0.6) is 0 Å². The Balaban J connectivity index is 2.20. The number of rotatable bonds is 5. The third-order valence-corrected chi connectivity index (χ3v) is 2.13. The molecule has 2 N–H and O–H groups in total. The fraction of sp³-hybridized carbons (Fsp3) is 0.667. The molecular weight excluding hydrogens is 164 g/mol. The summed E-state index contributed by atoms with van der Waals surface area (Å²) in [5.41, 5.74) is 5.49. The summed E-state index contributed by atoms with van der Waals surface area (Å²) in [6, 6.07) is 1.82. The van der Waals surface area contributed by atoms with E-state index in [4.69, 9.17) is 5.73 Å². The fourth-order valence-corrected chi connectivity index (χ4v) is 1.16. The molecule has 0 bridgehead atoms. The van der Waals surface area contributed by atoms with Crippen LogP contribution >= 0.6 is 0 Å². The predicted molar refractivity (Wildman–Crippen MR) is 54.4 cm³/mol. The van der Waals surface area contributed by atoms with Crippen LogP contribution in [-0.2, 0) is 6.54 Å². The van der Waals surface area contributed by atoms with Gasteiger partial charge in [-0.2, -0.15) is 5.10 Å². The first-order valence-electron chi connectivity index (χ1n) is 4.70. The van der Waals surface area contributed by atoms with E-state index in [-0.39, 0.29) is 0 Å². The Morgan fingerprint density at radius 2 is 2.38 bits per heavy atom. The van der Waals surface area contributed by atoms with E-state index in [1.54, 1.807) is 0 Å². The Bertz CT molecular complexity index is 244. The third-order valence-electron chi connectivity index (χ3n) is 2.13. The van der Waals surface area contributed by atoms with Gasteiger partial charge in [-0.05, 0) is 32.6 Å². The minimum absolute atomic E-state index is 0.601. The van der Waals surface area contributed by atoms with Crippen molar-refractivity contribution in [2.24, 2.45) is 0 Å². The van der Waals surface area contributed by atoms with Gasteiger partial charge in [0, 0.05) is 12.7 Å². The van der Waals surface area contributed by atoms with Crippen molar-refractivity contribution in [3.05, 3.63) is 12.3 Å². The molecule has 0 aliphatic rings. The number of aryl methyl sites for hydroxylation is 1. The average Bonchev–Trinajstić information content (AvgIpc) is 2.51. The van der Waals surface area contributed by atoms with Crippen molar-refractivity contribution in [3.63, 3.8) is 0 Å². The maximum absolute atomic E-state index is 5.49. The lowest BCUT2D eigenvalue weighted by Crippen LogP contribution is -2.20. The molecule has 0 atom stereocenters. The molecule has 0 amide bonds. The fourth-order valence-electron chi connectivity index (χ4n) is 1.16. The highest BCUT2D eigenvalue weighted by Crippen LogP contribution is 1.97. The molecule has 0 saturated carbocycles. The minimum atomic E-state index is 0.601. The van der Waals surface area contributed by atoms with Crippen molar-refractivity contribution in [1.29, 1.82) is 0 Å². The van der Waals surface area contributed by atoms with E-state index in [1.807, 2.05) is 16.9 Å². The topological polar surface area (TPSA) is 47.1 Å². The summed E-state index contributed by atoms with van der Waals surface area (Å²) in [5.74, 6) is 0.601. The van der Waals surface area contributed by atoms with Crippen LogP contribution in [0.25, 0.3) is 0 Å². The van der Waals surface area contributed by atoms with Crippen molar-refractivity contribution in [1.82, 2.24) is 14.7 Å². The minimum Gasteiger partial charge on any atom is -0.382 e. The Labute approximate surface area is 79.3 Å². The Hall–Kier alpha value is -1.03. The van der Waals surface area contributed by atoms with E-state index in [9.17, 15) is 0 Å². The maximum Gasteiger partial charge on any atom is 0.145 e. The molecule has 1 aromatic heterocycles. The lowest BCUT2D eigenvalue weighted by Gasteiger charge is -2.12. The largest absolute Gasteiger partial charge is 0.382 e. The highest BCUT2D eigenvalue weighted by molar-refractivity contribution is 5.23. The highest BCUT2D eigenvalue weighted by atomic mass is 15.3. The summed E-state index contributed by atoms with van der Waals surface area (Å²) in [6.45, 7) is 5.31. The number of aromatic nitrogens is 2. The van der Waals surface area contributed by atoms with E-state index >= 15 is 0 Å². The van der Waals surface area contributed by atoms with Crippen LogP contribution in [0.4, 0.5) is 5.82 Å². The summed E-state index contributed by atoms with van der Waals surface area (Å²) in [7, 11) is 2.12. The quantitative estimate of drug-likeness (QED) is 0.733. The molecule has 0 radical (unpaired) electrons. The summed E-state index contributed by atoms with van der Waals surface area (Å²) in [6.07, 6.45) is 3.03. The molecule has 4 nitrogen and oxygen atoms in total. The summed E-state index contributed by atoms with van der Waals surface area (Å²) in [5, 5.41) is 4.11. The first kappa shape index (κ1) is 10.1. The molecule has 0 unspecified atom stereocenters. The molecule has 13 heavy (non-hydrogen) atoms. The molecule has 1 rings (SSSR count). The zero-order valence-electron chi connectivity index (χ0n) is 8.40. The molecule has 0 saturated heterocycles. The standard InChI is InChI=1S/C9H18N4/c1-3-12(2)6-4-7-13-8-5-9(10)11-13/h5,8H,3-4,6-7H2,1-2H3,(H2,10,11). The number of hydrogen-bond donors (Lipinski definition) is 1. The average molecular weight is 182 g/mol. The van der Waals surface area contributed by atoms with Gasteiger partial charge < -0.3 is 10.6 Å². The second kappa shape index (κ2) is 4.87. The lowest BCUT2D eigenvalue weighted by atomic mass is 10.4. The van der Waals surface area contributed by atoms with E-state index in [1.165, 1.54) is 0 Å². The van der Waals surface area contributed by atoms with E-state index in [0.717, 1.165) is 26.1 Å². The van der Waals surface area contributed by atoms with E-state index < -0.39 is 0 Å². The van der Waals surface area contributed by atoms with Crippen molar-refractivity contribution < 1.29 is 0 Å². The second-order valence-corrected chi connectivity index (χ2v) is 3.25. The van der Waals surface area contributed by atoms with Gasteiger partial charge in [-0.15, -0.1) is 0 Å². The van der Waals surface area contributed by atoms with Crippen LogP contribution in [0.15, 0.2) is 12.3 Å². The summed E-state index contributed by atoms with van der Waals surface area (Å²) < 4.78 is 1.89. The van der Waals surface area contributed by atoms with Gasteiger partial charge in [0.25, 0.3) is 0 Å². The first-order chi connectivity index (χ1) is 6.22. The van der Waals surface area contributed by atoms with E-state index in [2.05, 4.69) is 24.0 Å². The van der Waals surface area contributed by atoms with Crippen molar-refractivity contribution >= 4 is 5.82 Å². The van der Waals surface area contributed by atoms with Crippen LogP contribution in [0, 0.1) is 0 Å². The maximum atomic E-state index is 5.49. The number of nitrogens with two attached hydrogens (primary N) is 1. The number of nitrogens with zero attached hydrogens (tertiary/aromatic N) is 3. The number of nitrogen functional groups attached to an aromatic ring is 1.